The van der Waals surface area contributed by atoms with Crippen molar-refractivity contribution in [2.24, 2.45) is 0 Å². The predicted molar refractivity (Wildman–Crippen MR) is 85.1 cm³/mol. The number of methoxy groups -OCH3 is 1. The summed E-state index contributed by atoms with van der Waals surface area (Å²) >= 11 is 0. The number of ketones is 1. The fraction of sp³-hybridized carbons (Fsp3) is 0.471. The van der Waals surface area contributed by atoms with E-state index in [0.29, 0.717) is 0 Å². The van der Waals surface area contributed by atoms with Gasteiger partial charge in [0.2, 0.25) is 0 Å². The van der Waals surface area contributed by atoms with Gasteiger partial charge >= 0.3 is 12.1 Å². The van der Waals surface area contributed by atoms with Crippen LogP contribution in [0.3, 0.4) is 0 Å². The Bertz CT molecular complexity index is 609. The zero-order valence-electron chi connectivity index (χ0n) is 14.2. The number of halogens is 1. The number of esters is 1. The molecular weight excluding hydrogens is 317 g/mol. The number of hydrogen-bond donors (Lipinski definition) is 1. The molecule has 1 unspecified atom stereocenters. The molecule has 1 rings (SSSR count). The average Bonchev–Trinajstić information content (AvgIpc) is 2.48. The third-order valence-electron chi connectivity index (χ3n) is 2.98. The van der Waals surface area contributed by atoms with Crippen molar-refractivity contribution in [1.82, 2.24) is 5.32 Å². The molecule has 0 heterocycles. The summed E-state index contributed by atoms with van der Waals surface area (Å²) in [6.45, 7) is 5.06. The molecule has 1 amide bonds. The van der Waals surface area contributed by atoms with Gasteiger partial charge in [-0.2, -0.15) is 0 Å². The smallest absolute Gasteiger partial charge is 0.408 e. The van der Waals surface area contributed by atoms with Crippen molar-refractivity contribution in [3.8, 4) is 0 Å². The van der Waals surface area contributed by atoms with Crippen molar-refractivity contribution < 1.29 is 28.2 Å². The molecule has 1 aromatic carbocycles. The SMILES string of the molecule is COC(=O)C(CCC(=O)c1cccc(F)c1)NC(=O)OC(C)(C)C. The van der Waals surface area contributed by atoms with Crippen molar-refractivity contribution >= 4 is 17.8 Å². The lowest BCUT2D eigenvalue weighted by Crippen LogP contribution is -2.44. The van der Waals surface area contributed by atoms with E-state index in [9.17, 15) is 18.8 Å². The summed E-state index contributed by atoms with van der Waals surface area (Å²) in [4.78, 5) is 35.6. The zero-order chi connectivity index (χ0) is 18.3. The second-order valence-corrected chi connectivity index (χ2v) is 6.19. The minimum Gasteiger partial charge on any atom is -0.467 e. The molecule has 0 fully saturated rings. The van der Waals surface area contributed by atoms with Crippen LogP contribution in [0.2, 0.25) is 0 Å². The van der Waals surface area contributed by atoms with Crippen molar-refractivity contribution in [3.63, 3.8) is 0 Å². The van der Waals surface area contributed by atoms with Crippen LogP contribution in [0.4, 0.5) is 9.18 Å². The molecule has 0 aliphatic carbocycles. The normalized spacial score (nSPS) is 12.2. The van der Waals surface area contributed by atoms with Crippen molar-refractivity contribution in [2.75, 3.05) is 7.11 Å². The highest BCUT2D eigenvalue weighted by Gasteiger charge is 2.25. The first kappa shape index (κ1) is 19.6. The van der Waals surface area contributed by atoms with Crippen LogP contribution in [0.25, 0.3) is 0 Å². The fourth-order valence-corrected chi connectivity index (χ4v) is 1.92. The van der Waals surface area contributed by atoms with Crippen molar-refractivity contribution in [2.45, 2.75) is 45.3 Å². The number of amides is 1. The largest absolute Gasteiger partial charge is 0.467 e. The molecule has 132 valence electrons. The Kier molecular flexibility index (Phi) is 6.88. The van der Waals surface area contributed by atoms with Gasteiger partial charge in [0.25, 0.3) is 0 Å². The summed E-state index contributed by atoms with van der Waals surface area (Å²) in [6, 6.07) is 4.25. The second-order valence-electron chi connectivity index (χ2n) is 6.19. The Balaban J connectivity index is 2.68. The van der Waals surface area contributed by atoms with Gasteiger partial charge in [0.05, 0.1) is 7.11 Å². The van der Waals surface area contributed by atoms with E-state index in [1.807, 2.05) is 0 Å². The molecule has 0 spiro atoms. The summed E-state index contributed by atoms with van der Waals surface area (Å²) in [7, 11) is 1.18. The van der Waals surface area contributed by atoms with Gasteiger partial charge in [-0.15, -0.1) is 0 Å². The van der Waals surface area contributed by atoms with E-state index in [1.165, 1.54) is 25.3 Å². The summed E-state index contributed by atoms with van der Waals surface area (Å²) in [5.41, 5.74) is -0.516. The van der Waals surface area contributed by atoms with Crippen LogP contribution in [0.15, 0.2) is 24.3 Å². The summed E-state index contributed by atoms with van der Waals surface area (Å²) in [5.74, 6) is -1.54. The minimum atomic E-state index is -1.03. The highest BCUT2D eigenvalue weighted by atomic mass is 19.1. The highest BCUT2D eigenvalue weighted by molar-refractivity contribution is 5.96. The zero-order valence-corrected chi connectivity index (χ0v) is 14.2. The van der Waals surface area contributed by atoms with Crippen LogP contribution < -0.4 is 5.32 Å². The molecule has 1 aromatic rings. The molecule has 0 aliphatic rings. The Labute approximate surface area is 140 Å². The van der Waals surface area contributed by atoms with Crippen LogP contribution in [0.5, 0.6) is 0 Å². The van der Waals surface area contributed by atoms with Gasteiger partial charge in [-0.05, 0) is 39.3 Å². The number of carbonyl (C=O) groups excluding carboxylic acids is 3. The summed E-state index contributed by atoms with van der Waals surface area (Å²) in [6.07, 6.45) is -0.823. The Morgan fingerprint density at radius 1 is 1.25 bits per heavy atom. The van der Waals surface area contributed by atoms with Gasteiger partial charge in [0.15, 0.2) is 5.78 Å². The number of ether oxygens (including phenoxy) is 2. The van der Waals surface area contributed by atoms with Gasteiger partial charge in [0, 0.05) is 12.0 Å². The van der Waals surface area contributed by atoms with Gasteiger partial charge < -0.3 is 14.8 Å². The molecule has 7 heteroatoms. The first-order chi connectivity index (χ1) is 11.1. The maximum atomic E-state index is 13.1. The minimum absolute atomic E-state index is 0.0151. The Hall–Kier alpha value is -2.44. The van der Waals surface area contributed by atoms with Crippen LogP contribution in [-0.4, -0.2) is 36.6 Å². The molecule has 0 aliphatic heterocycles. The van der Waals surface area contributed by atoms with E-state index in [-0.39, 0.29) is 24.2 Å². The number of nitrogens with one attached hydrogen (secondary N) is 1. The number of Topliss-reactive ketones (excluding diaryl/α,β-unsaturated/α-hetero) is 1. The fourth-order valence-electron chi connectivity index (χ4n) is 1.92. The van der Waals surface area contributed by atoms with Gasteiger partial charge in [0.1, 0.15) is 17.5 Å². The molecule has 0 saturated heterocycles. The highest BCUT2D eigenvalue weighted by Crippen LogP contribution is 2.11. The monoisotopic (exact) mass is 339 g/mol. The van der Waals surface area contributed by atoms with Crippen LogP contribution in [0.1, 0.15) is 44.0 Å². The Morgan fingerprint density at radius 2 is 1.92 bits per heavy atom. The van der Waals surface area contributed by atoms with Crippen molar-refractivity contribution in [3.05, 3.63) is 35.6 Å². The van der Waals surface area contributed by atoms with E-state index in [0.717, 1.165) is 6.07 Å². The second kappa shape index (κ2) is 8.42. The molecule has 24 heavy (non-hydrogen) atoms. The first-order valence-corrected chi connectivity index (χ1v) is 7.48. The Morgan fingerprint density at radius 3 is 2.46 bits per heavy atom. The van der Waals surface area contributed by atoms with Gasteiger partial charge in [-0.25, -0.2) is 14.0 Å². The van der Waals surface area contributed by atoms with E-state index >= 15 is 0 Å². The lowest BCUT2D eigenvalue weighted by molar-refractivity contribution is -0.143. The summed E-state index contributed by atoms with van der Waals surface area (Å²) < 4.78 is 22.8. The molecular formula is C17H22FNO5. The molecule has 0 bridgehead atoms. The number of benzene rings is 1. The van der Waals surface area contributed by atoms with E-state index < -0.39 is 29.5 Å². The third-order valence-corrected chi connectivity index (χ3v) is 2.98. The maximum Gasteiger partial charge on any atom is 0.408 e. The lowest BCUT2D eigenvalue weighted by Gasteiger charge is -2.22. The first-order valence-electron chi connectivity index (χ1n) is 7.48. The van der Waals surface area contributed by atoms with Crippen LogP contribution in [0, 0.1) is 5.82 Å². The molecule has 0 aromatic heterocycles. The number of rotatable bonds is 6. The topological polar surface area (TPSA) is 81.7 Å². The summed E-state index contributed by atoms with van der Waals surface area (Å²) in [5, 5.41) is 2.38. The van der Waals surface area contributed by atoms with E-state index in [2.05, 4.69) is 10.1 Å². The average molecular weight is 339 g/mol. The van der Waals surface area contributed by atoms with Crippen LogP contribution >= 0.6 is 0 Å². The third kappa shape index (κ3) is 6.76. The molecule has 1 N–H and O–H groups in total. The molecule has 0 saturated carbocycles. The van der Waals surface area contributed by atoms with E-state index in [4.69, 9.17) is 4.74 Å². The molecule has 1 atom stereocenters. The molecule has 0 radical (unpaired) electrons. The quantitative estimate of drug-likeness (QED) is 0.636. The predicted octanol–water partition coefficient (Wildman–Crippen LogP) is 2.85. The lowest BCUT2D eigenvalue weighted by atomic mass is 10.0. The van der Waals surface area contributed by atoms with Gasteiger partial charge in [-0.3, -0.25) is 4.79 Å². The molecule has 6 nitrogen and oxygen atoms in total. The number of hydrogen-bond acceptors (Lipinski definition) is 5. The number of carbonyl (C=O) groups is 3. The standard InChI is InChI=1S/C17H22FNO5/c1-17(2,3)24-16(22)19-13(15(21)23-4)8-9-14(20)11-6-5-7-12(18)10-11/h5-7,10,13H,8-9H2,1-4H3,(H,19,22). The maximum absolute atomic E-state index is 13.1. The van der Waals surface area contributed by atoms with Gasteiger partial charge in [-0.1, -0.05) is 12.1 Å². The number of alkyl carbamates (subject to hydrolysis) is 1. The van der Waals surface area contributed by atoms with E-state index in [1.54, 1.807) is 20.8 Å². The van der Waals surface area contributed by atoms with Crippen LogP contribution in [-0.2, 0) is 14.3 Å². The van der Waals surface area contributed by atoms with Crippen molar-refractivity contribution in [1.29, 1.82) is 0 Å².